The van der Waals surface area contributed by atoms with Crippen molar-refractivity contribution in [3.63, 3.8) is 0 Å². The third-order valence-corrected chi connectivity index (χ3v) is 3.17. The molecule has 1 aromatic heterocycles. The van der Waals surface area contributed by atoms with Gasteiger partial charge in [-0.15, -0.1) is 0 Å². The molecular formula is C9H6Cl2N2OS. The first-order chi connectivity index (χ1) is 7.15. The second-order valence-corrected chi connectivity index (χ2v) is 4.81. The number of halogens is 2. The molecule has 1 aromatic carbocycles. The molecule has 6 heteroatoms. The van der Waals surface area contributed by atoms with Gasteiger partial charge < -0.3 is 0 Å². The summed E-state index contributed by atoms with van der Waals surface area (Å²) in [5.41, 5.74) is 0.906. The Balaban J connectivity index is 2.28. The fourth-order valence-electron chi connectivity index (χ4n) is 1.16. The standard InChI is InChI=1S/C9H6Cl2N2OS/c10-6-2-1-5(7(11)4-6)3-8-12-13-9(14)15-8/h1-2,4H,3H2,(H,13,14). The molecule has 0 aliphatic heterocycles. The fourth-order valence-corrected chi connectivity index (χ4v) is 2.26. The molecule has 0 atom stereocenters. The minimum Gasteiger partial charge on any atom is -0.255 e. The van der Waals surface area contributed by atoms with Gasteiger partial charge in [0.1, 0.15) is 5.01 Å². The van der Waals surface area contributed by atoms with E-state index in [-0.39, 0.29) is 4.87 Å². The minimum absolute atomic E-state index is 0.157. The van der Waals surface area contributed by atoms with Crippen molar-refractivity contribution in [3.8, 4) is 0 Å². The lowest BCUT2D eigenvalue weighted by molar-refractivity contribution is 0.985. The topological polar surface area (TPSA) is 45.8 Å². The van der Waals surface area contributed by atoms with Crippen LogP contribution in [0.15, 0.2) is 23.0 Å². The van der Waals surface area contributed by atoms with Crippen LogP contribution in [0.1, 0.15) is 10.6 Å². The maximum atomic E-state index is 10.9. The van der Waals surface area contributed by atoms with Crippen LogP contribution in [0.2, 0.25) is 10.0 Å². The van der Waals surface area contributed by atoms with Crippen LogP contribution in [0.3, 0.4) is 0 Å². The van der Waals surface area contributed by atoms with Crippen molar-refractivity contribution < 1.29 is 0 Å². The van der Waals surface area contributed by atoms with Crippen molar-refractivity contribution in [2.24, 2.45) is 0 Å². The van der Waals surface area contributed by atoms with Crippen molar-refractivity contribution in [1.82, 2.24) is 10.2 Å². The van der Waals surface area contributed by atoms with E-state index < -0.39 is 0 Å². The predicted molar refractivity (Wildman–Crippen MR) is 62.0 cm³/mol. The number of hydrogen-bond donors (Lipinski definition) is 1. The van der Waals surface area contributed by atoms with Crippen LogP contribution in [-0.2, 0) is 6.42 Å². The van der Waals surface area contributed by atoms with E-state index in [4.69, 9.17) is 23.2 Å². The molecule has 0 radical (unpaired) electrons. The van der Waals surface area contributed by atoms with Crippen LogP contribution in [0.25, 0.3) is 0 Å². The van der Waals surface area contributed by atoms with Crippen LogP contribution < -0.4 is 4.87 Å². The molecule has 0 unspecified atom stereocenters. The lowest BCUT2D eigenvalue weighted by atomic mass is 10.2. The second kappa shape index (κ2) is 4.35. The van der Waals surface area contributed by atoms with E-state index >= 15 is 0 Å². The Morgan fingerprint density at radius 3 is 2.80 bits per heavy atom. The van der Waals surface area contributed by atoms with Crippen molar-refractivity contribution in [1.29, 1.82) is 0 Å². The molecule has 2 rings (SSSR count). The smallest absolute Gasteiger partial charge is 0.255 e. The molecule has 1 heterocycles. The average molecular weight is 261 g/mol. The van der Waals surface area contributed by atoms with Gasteiger partial charge in [-0.2, -0.15) is 5.10 Å². The van der Waals surface area contributed by atoms with Gasteiger partial charge in [0.05, 0.1) is 0 Å². The van der Waals surface area contributed by atoms with E-state index in [1.165, 1.54) is 0 Å². The first-order valence-electron chi connectivity index (χ1n) is 4.13. The Labute approximate surface area is 99.7 Å². The van der Waals surface area contributed by atoms with Gasteiger partial charge in [-0.1, -0.05) is 40.6 Å². The van der Waals surface area contributed by atoms with E-state index in [9.17, 15) is 4.79 Å². The SMILES string of the molecule is O=c1[nH]nc(Cc2ccc(Cl)cc2Cl)s1. The first-order valence-corrected chi connectivity index (χ1v) is 5.71. The molecule has 0 bridgehead atoms. The summed E-state index contributed by atoms with van der Waals surface area (Å²) in [7, 11) is 0. The number of rotatable bonds is 2. The maximum absolute atomic E-state index is 10.9. The molecule has 2 aromatic rings. The Kier molecular flexibility index (Phi) is 3.09. The van der Waals surface area contributed by atoms with E-state index in [0.717, 1.165) is 16.9 Å². The molecule has 15 heavy (non-hydrogen) atoms. The van der Waals surface area contributed by atoms with E-state index in [1.807, 2.05) is 6.07 Å². The summed E-state index contributed by atoms with van der Waals surface area (Å²) in [6.45, 7) is 0. The molecule has 0 amide bonds. The Hall–Kier alpha value is -0.840. The second-order valence-electron chi connectivity index (χ2n) is 2.92. The van der Waals surface area contributed by atoms with Crippen molar-refractivity contribution >= 4 is 34.5 Å². The van der Waals surface area contributed by atoms with E-state index in [0.29, 0.717) is 21.5 Å². The summed E-state index contributed by atoms with van der Waals surface area (Å²) in [6.07, 6.45) is 0.541. The number of nitrogens with zero attached hydrogens (tertiary/aromatic N) is 1. The zero-order chi connectivity index (χ0) is 10.8. The van der Waals surface area contributed by atoms with Crippen molar-refractivity contribution in [3.05, 3.63) is 48.5 Å². The summed E-state index contributed by atoms with van der Waals surface area (Å²) >= 11 is 12.8. The summed E-state index contributed by atoms with van der Waals surface area (Å²) in [5, 5.41) is 8.12. The summed E-state index contributed by atoms with van der Waals surface area (Å²) in [5.74, 6) is 0. The van der Waals surface area contributed by atoms with Gasteiger partial charge in [-0.05, 0) is 17.7 Å². The lowest BCUT2D eigenvalue weighted by Crippen LogP contribution is -1.90. The average Bonchev–Trinajstić information content (AvgIpc) is 2.56. The van der Waals surface area contributed by atoms with Crippen LogP contribution in [0.4, 0.5) is 0 Å². The van der Waals surface area contributed by atoms with Crippen molar-refractivity contribution in [2.45, 2.75) is 6.42 Å². The number of hydrogen-bond acceptors (Lipinski definition) is 3. The highest BCUT2D eigenvalue weighted by Crippen LogP contribution is 2.23. The highest BCUT2D eigenvalue weighted by Gasteiger charge is 2.05. The Morgan fingerprint density at radius 1 is 1.40 bits per heavy atom. The zero-order valence-electron chi connectivity index (χ0n) is 7.46. The van der Waals surface area contributed by atoms with Crippen LogP contribution in [0.5, 0.6) is 0 Å². The van der Waals surface area contributed by atoms with Crippen LogP contribution in [0, 0.1) is 0 Å². The number of benzene rings is 1. The van der Waals surface area contributed by atoms with Crippen molar-refractivity contribution in [2.75, 3.05) is 0 Å². The normalized spacial score (nSPS) is 10.5. The number of aromatic amines is 1. The monoisotopic (exact) mass is 260 g/mol. The van der Waals surface area contributed by atoms with Gasteiger partial charge >= 0.3 is 4.87 Å². The third kappa shape index (κ3) is 2.59. The minimum atomic E-state index is -0.157. The summed E-state index contributed by atoms with van der Waals surface area (Å²) in [6, 6.07) is 5.27. The largest absolute Gasteiger partial charge is 0.322 e. The van der Waals surface area contributed by atoms with Gasteiger partial charge in [0, 0.05) is 16.5 Å². The molecule has 0 aliphatic rings. The lowest BCUT2D eigenvalue weighted by Gasteiger charge is -2.01. The molecule has 0 spiro atoms. The number of H-pyrrole nitrogens is 1. The molecule has 0 aliphatic carbocycles. The highest BCUT2D eigenvalue weighted by atomic mass is 35.5. The molecule has 1 N–H and O–H groups in total. The number of nitrogens with one attached hydrogen (secondary N) is 1. The Morgan fingerprint density at radius 2 is 2.20 bits per heavy atom. The summed E-state index contributed by atoms with van der Waals surface area (Å²) in [4.78, 5) is 10.7. The zero-order valence-corrected chi connectivity index (χ0v) is 9.79. The molecule has 0 saturated heterocycles. The fraction of sp³-hybridized carbons (Fsp3) is 0.111. The Bertz CT molecular complexity index is 535. The van der Waals surface area contributed by atoms with Gasteiger partial charge in [0.2, 0.25) is 0 Å². The van der Waals surface area contributed by atoms with E-state index in [1.54, 1.807) is 12.1 Å². The highest BCUT2D eigenvalue weighted by molar-refractivity contribution is 7.08. The molecule has 78 valence electrons. The molecular weight excluding hydrogens is 255 g/mol. The van der Waals surface area contributed by atoms with Gasteiger partial charge in [-0.25, -0.2) is 5.10 Å². The first kappa shape index (κ1) is 10.7. The molecule has 0 fully saturated rings. The van der Waals surface area contributed by atoms with Gasteiger partial charge in [0.25, 0.3) is 0 Å². The number of aromatic nitrogens is 2. The van der Waals surface area contributed by atoms with Crippen LogP contribution >= 0.6 is 34.5 Å². The summed E-state index contributed by atoms with van der Waals surface area (Å²) < 4.78 is 0. The quantitative estimate of drug-likeness (QED) is 0.903. The predicted octanol–water partition coefficient (Wildman–Crippen LogP) is 2.73. The van der Waals surface area contributed by atoms with Gasteiger partial charge in [0.15, 0.2) is 0 Å². The van der Waals surface area contributed by atoms with E-state index in [2.05, 4.69) is 10.2 Å². The molecule has 3 nitrogen and oxygen atoms in total. The van der Waals surface area contributed by atoms with Crippen LogP contribution in [-0.4, -0.2) is 10.2 Å². The van der Waals surface area contributed by atoms with Gasteiger partial charge in [-0.3, -0.25) is 4.79 Å². The third-order valence-electron chi connectivity index (χ3n) is 1.84. The maximum Gasteiger partial charge on any atom is 0.322 e. The molecule has 0 saturated carbocycles.